The molecule has 2 aromatic rings. The van der Waals surface area contributed by atoms with Gasteiger partial charge in [0, 0.05) is 13.5 Å². The van der Waals surface area contributed by atoms with Gasteiger partial charge < -0.3 is 5.32 Å². The van der Waals surface area contributed by atoms with Gasteiger partial charge in [0.25, 0.3) is 0 Å². The number of nitrogens with zero attached hydrogens (tertiary/aromatic N) is 1. The number of anilines is 1. The summed E-state index contributed by atoms with van der Waals surface area (Å²) in [4.78, 5) is 38.4. The Balaban J connectivity index is 1.93. The fourth-order valence-corrected chi connectivity index (χ4v) is 2.37. The van der Waals surface area contributed by atoms with Crippen molar-refractivity contribution in [3.8, 4) is 0 Å². The summed E-state index contributed by atoms with van der Waals surface area (Å²) < 4.78 is 0. The van der Waals surface area contributed by atoms with Crippen LogP contribution in [0.1, 0.15) is 28.6 Å². The Hall–Kier alpha value is -2.34. The minimum Gasteiger partial charge on any atom is -0.357 e. The van der Waals surface area contributed by atoms with Crippen LogP contribution < -0.4 is 5.32 Å². The zero-order chi connectivity index (χ0) is 15.2. The first-order chi connectivity index (χ1) is 10.1. The highest BCUT2D eigenvalue weighted by molar-refractivity contribution is 7.17. The van der Waals surface area contributed by atoms with Gasteiger partial charge >= 0.3 is 0 Å². The molecule has 108 valence electrons. The average Bonchev–Trinajstić information content (AvgIpc) is 2.95. The maximum absolute atomic E-state index is 11.8. The third-order valence-electron chi connectivity index (χ3n) is 2.78. The average molecular weight is 302 g/mol. The van der Waals surface area contributed by atoms with E-state index in [1.807, 2.05) is 30.3 Å². The van der Waals surface area contributed by atoms with Crippen molar-refractivity contribution in [2.45, 2.75) is 19.9 Å². The molecule has 0 saturated carbocycles. The van der Waals surface area contributed by atoms with Gasteiger partial charge in [0.1, 0.15) is 0 Å². The molecule has 5 nitrogen and oxygen atoms in total. The molecule has 0 saturated heterocycles. The number of benzene rings is 1. The van der Waals surface area contributed by atoms with Crippen LogP contribution in [-0.4, -0.2) is 22.3 Å². The highest BCUT2D eigenvalue weighted by Gasteiger charge is 2.17. The van der Waals surface area contributed by atoms with Gasteiger partial charge in [0.15, 0.2) is 16.7 Å². The molecule has 1 aromatic carbocycles. The summed E-state index contributed by atoms with van der Waals surface area (Å²) in [6.45, 7) is 1.77. The second-order valence-corrected chi connectivity index (χ2v) is 5.48. The molecule has 1 aromatic heterocycles. The fraction of sp³-hybridized carbons (Fsp3) is 0.200. The van der Waals surface area contributed by atoms with Crippen LogP contribution in [-0.2, 0) is 16.1 Å². The topological polar surface area (TPSA) is 76.1 Å². The Kier molecular flexibility index (Phi) is 4.94. The van der Waals surface area contributed by atoms with Crippen LogP contribution in [0.25, 0.3) is 0 Å². The number of rotatable bonds is 7. The predicted octanol–water partition coefficient (Wildman–Crippen LogP) is 2.49. The lowest BCUT2D eigenvalue weighted by Gasteiger charge is -2.01. The molecule has 21 heavy (non-hydrogen) atoms. The lowest BCUT2D eigenvalue weighted by Crippen LogP contribution is -2.14. The van der Waals surface area contributed by atoms with Crippen LogP contribution in [0.4, 0.5) is 5.13 Å². The molecule has 0 aliphatic carbocycles. The number of hydrogen-bond donors (Lipinski definition) is 1. The van der Waals surface area contributed by atoms with Gasteiger partial charge in [-0.25, -0.2) is 4.98 Å². The van der Waals surface area contributed by atoms with E-state index in [2.05, 4.69) is 10.3 Å². The van der Waals surface area contributed by atoms with Crippen LogP contribution in [0.5, 0.6) is 0 Å². The Morgan fingerprint density at radius 3 is 2.57 bits per heavy atom. The van der Waals surface area contributed by atoms with E-state index in [4.69, 9.17) is 0 Å². The molecular weight excluding hydrogens is 288 g/mol. The molecule has 6 heteroatoms. The third-order valence-corrected chi connectivity index (χ3v) is 3.78. The van der Waals surface area contributed by atoms with Crippen molar-refractivity contribution < 1.29 is 14.4 Å². The molecule has 0 aliphatic rings. The Labute approximate surface area is 126 Å². The Bertz CT molecular complexity index is 665. The first kappa shape index (κ1) is 15.1. The second kappa shape index (κ2) is 6.90. The van der Waals surface area contributed by atoms with E-state index in [0.29, 0.717) is 16.6 Å². The van der Waals surface area contributed by atoms with Crippen molar-refractivity contribution in [1.82, 2.24) is 4.98 Å². The molecule has 0 fully saturated rings. The van der Waals surface area contributed by atoms with Crippen molar-refractivity contribution in [2.24, 2.45) is 0 Å². The van der Waals surface area contributed by atoms with Gasteiger partial charge in [-0.15, -0.1) is 0 Å². The maximum atomic E-state index is 11.8. The van der Waals surface area contributed by atoms with E-state index in [9.17, 15) is 14.4 Å². The summed E-state index contributed by atoms with van der Waals surface area (Å²) >= 11 is 1.18. The van der Waals surface area contributed by atoms with E-state index >= 15 is 0 Å². The van der Waals surface area contributed by atoms with Gasteiger partial charge in [0.2, 0.25) is 5.78 Å². The smallest absolute Gasteiger partial charge is 0.205 e. The van der Waals surface area contributed by atoms with Gasteiger partial charge in [-0.1, -0.05) is 41.7 Å². The second-order valence-electron chi connectivity index (χ2n) is 4.45. The molecule has 0 amide bonds. The summed E-state index contributed by atoms with van der Waals surface area (Å²) in [6, 6.07) is 9.80. The molecule has 0 atom stereocenters. The van der Waals surface area contributed by atoms with Crippen LogP contribution >= 0.6 is 11.3 Å². The number of ketones is 3. The lowest BCUT2D eigenvalue weighted by atomic mass is 10.1. The number of hydrogen-bond acceptors (Lipinski definition) is 6. The summed E-state index contributed by atoms with van der Waals surface area (Å²) in [6.07, 6.45) is 1.03. The molecule has 0 unspecified atom stereocenters. The van der Waals surface area contributed by atoms with E-state index in [1.54, 1.807) is 0 Å². The third kappa shape index (κ3) is 4.32. The first-order valence-electron chi connectivity index (χ1n) is 6.37. The molecule has 0 spiro atoms. The van der Waals surface area contributed by atoms with Crippen LogP contribution in [0.15, 0.2) is 36.5 Å². The molecule has 0 radical (unpaired) electrons. The van der Waals surface area contributed by atoms with E-state index in [0.717, 1.165) is 12.5 Å². The molecule has 1 heterocycles. The zero-order valence-corrected chi connectivity index (χ0v) is 12.3. The molecular formula is C15H14N2O3S. The minimum absolute atomic E-state index is 0.375. The van der Waals surface area contributed by atoms with Crippen molar-refractivity contribution in [3.63, 3.8) is 0 Å². The summed E-state index contributed by atoms with van der Waals surface area (Å²) in [5.41, 5.74) is 1.10. The quantitative estimate of drug-likeness (QED) is 0.483. The lowest BCUT2D eigenvalue weighted by molar-refractivity contribution is -0.134. The van der Waals surface area contributed by atoms with Crippen LogP contribution in [0.2, 0.25) is 0 Å². The monoisotopic (exact) mass is 302 g/mol. The maximum Gasteiger partial charge on any atom is 0.205 e. The largest absolute Gasteiger partial charge is 0.357 e. The van der Waals surface area contributed by atoms with Gasteiger partial charge in [0.05, 0.1) is 17.5 Å². The predicted molar refractivity (Wildman–Crippen MR) is 80.5 cm³/mol. The number of nitrogens with one attached hydrogen (secondary N) is 1. The van der Waals surface area contributed by atoms with Gasteiger partial charge in [-0.05, 0) is 5.56 Å². The van der Waals surface area contributed by atoms with Crippen molar-refractivity contribution in [1.29, 1.82) is 0 Å². The minimum atomic E-state index is -0.674. The number of carbonyl (C=O) groups excluding carboxylic acids is 3. The zero-order valence-electron chi connectivity index (χ0n) is 11.5. The Morgan fingerprint density at radius 2 is 1.90 bits per heavy atom. The number of Topliss-reactive ketones (excluding diaryl/α,β-unsaturated/α-hetero) is 3. The molecule has 1 N–H and O–H groups in total. The van der Waals surface area contributed by atoms with E-state index < -0.39 is 18.0 Å². The fourth-order valence-electron chi connectivity index (χ4n) is 1.62. The number of aromatic nitrogens is 1. The number of thiazole rings is 1. The highest BCUT2D eigenvalue weighted by Crippen LogP contribution is 2.20. The molecule has 2 rings (SSSR count). The summed E-state index contributed by atoms with van der Waals surface area (Å²) in [7, 11) is 0. The van der Waals surface area contributed by atoms with Crippen LogP contribution in [0, 0.1) is 0 Å². The SMILES string of the molecule is CC(=O)C(=O)CC(=O)c1cnc(NCc2ccccc2)s1. The normalized spacial score (nSPS) is 10.1. The molecule has 0 bridgehead atoms. The van der Waals surface area contributed by atoms with Crippen molar-refractivity contribution in [3.05, 3.63) is 47.0 Å². The van der Waals surface area contributed by atoms with Gasteiger partial charge in [-0.2, -0.15) is 0 Å². The van der Waals surface area contributed by atoms with E-state index in [1.165, 1.54) is 17.5 Å². The van der Waals surface area contributed by atoms with Crippen molar-refractivity contribution >= 4 is 33.8 Å². The summed E-state index contributed by atoms with van der Waals surface area (Å²) in [5.74, 6) is -1.65. The summed E-state index contributed by atoms with van der Waals surface area (Å²) in [5, 5.41) is 3.72. The van der Waals surface area contributed by atoms with Crippen molar-refractivity contribution in [2.75, 3.05) is 5.32 Å². The van der Waals surface area contributed by atoms with Crippen LogP contribution in [0.3, 0.4) is 0 Å². The number of carbonyl (C=O) groups is 3. The molecule has 0 aliphatic heterocycles. The van der Waals surface area contributed by atoms with Gasteiger partial charge in [-0.3, -0.25) is 14.4 Å². The van der Waals surface area contributed by atoms with E-state index in [-0.39, 0.29) is 5.78 Å². The first-order valence-corrected chi connectivity index (χ1v) is 7.18. The Morgan fingerprint density at radius 1 is 1.19 bits per heavy atom. The standard InChI is InChI=1S/C15H14N2O3S/c1-10(18)12(19)7-13(20)14-9-17-15(21-14)16-8-11-5-3-2-4-6-11/h2-6,9H,7-8H2,1H3,(H,16,17). The highest BCUT2D eigenvalue weighted by atomic mass is 32.1.